The van der Waals surface area contributed by atoms with Gasteiger partial charge in [-0.05, 0) is 24.6 Å². The minimum absolute atomic E-state index is 0.0270. The Labute approximate surface area is 178 Å². The average Bonchev–Trinajstić information content (AvgIpc) is 3.32. The van der Waals surface area contributed by atoms with E-state index in [1.54, 1.807) is 11.4 Å². The van der Waals surface area contributed by atoms with E-state index in [0.29, 0.717) is 11.3 Å². The largest absolute Gasteiger partial charge is 0.346 e. The molecule has 3 amide bonds. The number of carbonyl (C=O) groups is 2. The highest BCUT2D eigenvalue weighted by Crippen LogP contribution is 2.30. The van der Waals surface area contributed by atoms with Gasteiger partial charge in [0, 0.05) is 28.8 Å². The van der Waals surface area contributed by atoms with Crippen LogP contribution < -0.4 is 21.3 Å². The Kier molecular flexibility index (Phi) is 5.50. The van der Waals surface area contributed by atoms with Gasteiger partial charge in [-0.25, -0.2) is 14.2 Å². The molecule has 2 aliphatic rings. The topological polar surface area (TPSA) is 95.2 Å². The van der Waals surface area contributed by atoms with E-state index in [1.807, 2.05) is 26.8 Å². The highest BCUT2D eigenvalue weighted by atomic mass is 32.1. The van der Waals surface area contributed by atoms with Crippen LogP contribution in [0.15, 0.2) is 23.6 Å². The summed E-state index contributed by atoms with van der Waals surface area (Å²) >= 11 is 1.45. The number of halogens is 1. The first-order chi connectivity index (χ1) is 14.2. The minimum Gasteiger partial charge on any atom is -0.346 e. The van der Waals surface area contributed by atoms with Gasteiger partial charge in [-0.15, -0.1) is 11.3 Å². The van der Waals surface area contributed by atoms with E-state index in [-0.39, 0.29) is 47.8 Å². The normalized spacial score (nSPS) is 23.5. The summed E-state index contributed by atoms with van der Waals surface area (Å²) in [6.07, 6.45) is 0.660. The molecular weight excluding hydrogens is 405 g/mol. The van der Waals surface area contributed by atoms with E-state index in [9.17, 15) is 14.0 Å². The van der Waals surface area contributed by atoms with Crippen LogP contribution in [0.3, 0.4) is 0 Å². The average molecular weight is 432 g/mol. The number of carbonyl (C=O) groups excluding carboxylic acids is 2. The number of fused-ring (bicyclic) bond motifs is 1. The molecular formula is C21H26FN5O2S. The van der Waals surface area contributed by atoms with Crippen molar-refractivity contribution in [2.45, 2.75) is 57.3 Å². The summed E-state index contributed by atoms with van der Waals surface area (Å²) in [7, 11) is 0. The molecule has 7 nitrogen and oxygen atoms in total. The Hall–Kier alpha value is -2.52. The lowest BCUT2D eigenvalue weighted by atomic mass is 9.84. The summed E-state index contributed by atoms with van der Waals surface area (Å²) in [5, 5.41) is 14.4. The Bertz CT molecular complexity index is 971. The molecule has 4 N–H and O–H groups in total. The summed E-state index contributed by atoms with van der Waals surface area (Å²) in [6, 6.07) is 4.77. The first-order valence-electron chi connectivity index (χ1n) is 10.1. The Morgan fingerprint density at radius 1 is 1.33 bits per heavy atom. The lowest BCUT2D eigenvalue weighted by Crippen LogP contribution is -2.53. The number of benzene rings is 1. The SMILES string of the molecule is CC(C)(C)c1nc(C(=O)NCc2ccc(C3CCNC4NC(=O)NC43)cc2F)cs1. The van der Waals surface area contributed by atoms with E-state index in [1.165, 1.54) is 17.4 Å². The van der Waals surface area contributed by atoms with Crippen molar-refractivity contribution in [2.24, 2.45) is 0 Å². The second-order valence-corrected chi connectivity index (χ2v) is 9.65. The maximum absolute atomic E-state index is 14.8. The molecule has 2 fully saturated rings. The van der Waals surface area contributed by atoms with Gasteiger partial charge in [0.2, 0.25) is 0 Å². The molecule has 3 heterocycles. The molecule has 0 spiro atoms. The Morgan fingerprint density at radius 3 is 2.83 bits per heavy atom. The van der Waals surface area contributed by atoms with Crippen molar-refractivity contribution in [3.63, 3.8) is 0 Å². The number of aromatic nitrogens is 1. The lowest BCUT2D eigenvalue weighted by Gasteiger charge is -2.33. The maximum Gasteiger partial charge on any atom is 0.316 e. The van der Waals surface area contributed by atoms with Gasteiger partial charge < -0.3 is 16.0 Å². The molecule has 0 radical (unpaired) electrons. The molecule has 2 aromatic rings. The summed E-state index contributed by atoms with van der Waals surface area (Å²) < 4.78 is 14.8. The molecule has 3 atom stereocenters. The van der Waals surface area contributed by atoms with Crippen molar-refractivity contribution in [3.05, 3.63) is 51.2 Å². The standard InChI is InChI=1S/C21H26FN5O2S/c1-21(2,3)19-25-15(10-30-19)18(28)24-9-12-5-4-11(8-14(12)22)13-6-7-23-17-16(13)26-20(29)27-17/h4-5,8,10,13,16-17,23H,6-7,9H2,1-3H3,(H,24,28)(H2,26,27,29). The molecule has 2 saturated heterocycles. The van der Waals surface area contributed by atoms with Crippen LogP contribution in [0, 0.1) is 5.82 Å². The third kappa shape index (κ3) is 4.17. The molecule has 0 saturated carbocycles. The van der Waals surface area contributed by atoms with Crippen LogP contribution in [0.4, 0.5) is 9.18 Å². The zero-order chi connectivity index (χ0) is 21.5. The van der Waals surface area contributed by atoms with Gasteiger partial charge in [0.1, 0.15) is 17.7 Å². The molecule has 160 valence electrons. The van der Waals surface area contributed by atoms with Crippen LogP contribution >= 0.6 is 11.3 Å². The number of hydrogen-bond donors (Lipinski definition) is 4. The molecule has 9 heteroatoms. The molecule has 1 aromatic heterocycles. The van der Waals surface area contributed by atoms with Gasteiger partial charge in [0.05, 0.1) is 11.0 Å². The van der Waals surface area contributed by atoms with Crippen LogP contribution in [-0.4, -0.2) is 35.7 Å². The fourth-order valence-corrected chi connectivity index (χ4v) is 4.78. The molecule has 1 aromatic carbocycles. The van der Waals surface area contributed by atoms with Crippen LogP contribution in [0.1, 0.15) is 59.7 Å². The first-order valence-corrected chi connectivity index (χ1v) is 10.9. The van der Waals surface area contributed by atoms with Crippen molar-refractivity contribution in [2.75, 3.05) is 6.54 Å². The van der Waals surface area contributed by atoms with E-state index >= 15 is 0 Å². The van der Waals surface area contributed by atoms with Crippen molar-refractivity contribution < 1.29 is 14.0 Å². The van der Waals surface area contributed by atoms with Gasteiger partial charge in [0.15, 0.2) is 0 Å². The molecule has 3 unspecified atom stereocenters. The van der Waals surface area contributed by atoms with E-state index in [4.69, 9.17) is 0 Å². The minimum atomic E-state index is -0.367. The number of nitrogens with zero attached hydrogens (tertiary/aromatic N) is 1. The quantitative estimate of drug-likeness (QED) is 0.599. The van der Waals surface area contributed by atoms with Gasteiger partial charge in [0.25, 0.3) is 5.91 Å². The number of thiazole rings is 1. The summed E-state index contributed by atoms with van der Waals surface area (Å²) in [5.41, 5.74) is 1.50. The van der Waals surface area contributed by atoms with Gasteiger partial charge >= 0.3 is 6.03 Å². The number of amides is 3. The van der Waals surface area contributed by atoms with Crippen LogP contribution in [0.2, 0.25) is 0 Å². The van der Waals surface area contributed by atoms with Gasteiger partial charge in [-0.2, -0.15) is 0 Å². The number of rotatable bonds is 4. The van der Waals surface area contributed by atoms with Crippen molar-refractivity contribution in [3.8, 4) is 0 Å². The second kappa shape index (κ2) is 7.96. The smallest absolute Gasteiger partial charge is 0.316 e. The van der Waals surface area contributed by atoms with Crippen molar-refractivity contribution >= 4 is 23.3 Å². The Morgan fingerprint density at radius 2 is 2.13 bits per heavy atom. The lowest BCUT2D eigenvalue weighted by molar-refractivity contribution is 0.0946. The zero-order valence-corrected chi connectivity index (χ0v) is 18.0. The maximum atomic E-state index is 14.8. The number of hydrogen-bond acceptors (Lipinski definition) is 5. The Balaban J connectivity index is 1.42. The third-order valence-corrected chi connectivity index (χ3v) is 6.79. The molecule has 0 aliphatic carbocycles. The van der Waals surface area contributed by atoms with E-state index in [2.05, 4.69) is 26.3 Å². The van der Waals surface area contributed by atoms with E-state index in [0.717, 1.165) is 23.5 Å². The predicted octanol–water partition coefficient (Wildman–Crippen LogP) is 2.59. The fourth-order valence-electron chi connectivity index (χ4n) is 3.89. The molecule has 0 bridgehead atoms. The summed E-state index contributed by atoms with van der Waals surface area (Å²) in [5.74, 6) is -0.654. The highest BCUT2D eigenvalue weighted by Gasteiger charge is 2.40. The monoisotopic (exact) mass is 431 g/mol. The van der Waals surface area contributed by atoms with E-state index < -0.39 is 0 Å². The van der Waals surface area contributed by atoms with Crippen molar-refractivity contribution in [1.82, 2.24) is 26.3 Å². The van der Waals surface area contributed by atoms with Gasteiger partial charge in [-0.1, -0.05) is 32.9 Å². The number of nitrogens with one attached hydrogen (secondary N) is 4. The number of urea groups is 1. The van der Waals surface area contributed by atoms with Crippen LogP contribution in [0.25, 0.3) is 0 Å². The predicted molar refractivity (Wildman–Crippen MR) is 113 cm³/mol. The summed E-state index contributed by atoms with van der Waals surface area (Å²) in [6.45, 7) is 6.97. The first kappa shape index (κ1) is 20.7. The fraction of sp³-hybridized carbons (Fsp3) is 0.476. The second-order valence-electron chi connectivity index (χ2n) is 8.79. The van der Waals surface area contributed by atoms with Crippen LogP contribution in [0.5, 0.6) is 0 Å². The van der Waals surface area contributed by atoms with Gasteiger partial charge in [-0.3, -0.25) is 10.1 Å². The number of piperidine rings is 1. The molecule has 30 heavy (non-hydrogen) atoms. The highest BCUT2D eigenvalue weighted by molar-refractivity contribution is 7.10. The molecule has 4 rings (SSSR count). The summed E-state index contributed by atoms with van der Waals surface area (Å²) in [4.78, 5) is 28.4. The zero-order valence-electron chi connectivity index (χ0n) is 17.2. The van der Waals surface area contributed by atoms with Crippen LogP contribution in [-0.2, 0) is 12.0 Å². The molecule has 2 aliphatic heterocycles. The third-order valence-electron chi connectivity index (χ3n) is 5.52. The van der Waals surface area contributed by atoms with Crippen molar-refractivity contribution in [1.29, 1.82) is 0 Å².